The van der Waals surface area contributed by atoms with E-state index < -0.39 is 29.6 Å². The molecule has 0 aromatic carbocycles. The SMILES string of the molecule is CCC1=CC2C(C(=O)OC)C(=O)OC2(O)CC1. The summed E-state index contributed by atoms with van der Waals surface area (Å²) >= 11 is 0. The fourth-order valence-corrected chi connectivity index (χ4v) is 2.50. The van der Waals surface area contributed by atoms with Gasteiger partial charge in [0.2, 0.25) is 5.79 Å². The highest BCUT2D eigenvalue weighted by molar-refractivity contribution is 5.97. The average Bonchev–Trinajstić information content (AvgIpc) is 2.57. The summed E-state index contributed by atoms with van der Waals surface area (Å²) in [5.41, 5.74) is 1.13. The molecule has 1 fully saturated rings. The Bertz CT molecular complexity index is 386. The van der Waals surface area contributed by atoms with Crippen molar-refractivity contribution in [2.24, 2.45) is 11.8 Å². The minimum atomic E-state index is -1.53. The van der Waals surface area contributed by atoms with Gasteiger partial charge in [0.1, 0.15) is 0 Å². The Kier molecular flexibility index (Phi) is 2.95. The van der Waals surface area contributed by atoms with Crippen molar-refractivity contribution in [1.29, 1.82) is 0 Å². The highest BCUT2D eigenvalue weighted by Crippen LogP contribution is 2.44. The van der Waals surface area contributed by atoms with Crippen LogP contribution in [0.25, 0.3) is 0 Å². The number of carbonyl (C=O) groups is 2. The van der Waals surface area contributed by atoms with Crippen LogP contribution >= 0.6 is 0 Å². The van der Waals surface area contributed by atoms with Crippen molar-refractivity contribution in [3.63, 3.8) is 0 Å². The van der Waals surface area contributed by atoms with E-state index >= 15 is 0 Å². The van der Waals surface area contributed by atoms with Crippen LogP contribution in [0.1, 0.15) is 26.2 Å². The molecule has 1 N–H and O–H groups in total. The first-order chi connectivity index (χ1) is 8.01. The molecule has 0 radical (unpaired) electrons. The summed E-state index contributed by atoms with van der Waals surface area (Å²) in [7, 11) is 1.22. The zero-order valence-electron chi connectivity index (χ0n) is 9.93. The predicted molar refractivity (Wildman–Crippen MR) is 57.6 cm³/mol. The monoisotopic (exact) mass is 240 g/mol. The van der Waals surface area contributed by atoms with E-state index in [0.29, 0.717) is 12.8 Å². The molecule has 5 heteroatoms. The van der Waals surface area contributed by atoms with Crippen molar-refractivity contribution < 1.29 is 24.2 Å². The second-order valence-corrected chi connectivity index (χ2v) is 4.47. The van der Waals surface area contributed by atoms with Gasteiger partial charge in [-0.05, 0) is 12.8 Å². The van der Waals surface area contributed by atoms with Gasteiger partial charge < -0.3 is 14.6 Å². The summed E-state index contributed by atoms with van der Waals surface area (Å²) in [5.74, 6) is -4.53. The van der Waals surface area contributed by atoms with Crippen molar-refractivity contribution in [3.8, 4) is 0 Å². The van der Waals surface area contributed by atoms with Crippen LogP contribution in [0.3, 0.4) is 0 Å². The van der Waals surface area contributed by atoms with Crippen LogP contribution in [-0.4, -0.2) is 29.9 Å². The molecule has 2 aliphatic rings. The molecule has 1 aliphatic carbocycles. The smallest absolute Gasteiger partial charge is 0.323 e. The van der Waals surface area contributed by atoms with Crippen LogP contribution in [0.15, 0.2) is 11.6 Å². The predicted octanol–water partition coefficient (Wildman–Crippen LogP) is 0.767. The first-order valence-electron chi connectivity index (χ1n) is 5.74. The van der Waals surface area contributed by atoms with Crippen molar-refractivity contribution in [3.05, 3.63) is 11.6 Å². The molecule has 2 rings (SSSR count). The molecular weight excluding hydrogens is 224 g/mol. The Morgan fingerprint density at radius 2 is 2.41 bits per heavy atom. The number of ether oxygens (including phenoxy) is 2. The van der Waals surface area contributed by atoms with E-state index in [2.05, 4.69) is 4.74 Å². The Labute approximate surface area is 99.4 Å². The maximum atomic E-state index is 11.6. The Morgan fingerprint density at radius 3 is 3.00 bits per heavy atom. The molecule has 0 saturated carbocycles. The zero-order valence-corrected chi connectivity index (χ0v) is 9.93. The number of rotatable bonds is 2. The molecule has 0 aromatic heterocycles. The van der Waals surface area contributed by atoms with Gasteiger partial charge in [-0.25, -0.2) is 0 Å². The molecule has 0 bridgehead atoms. The fraction of sp³-hybridized carbons (Fsp3) is 0.667. The Balaban J connectivity index is 2.35. The third-order valence-electron chi connectivity index (χ3n) is 3.54. The number of esters is 2. The quantitative estimate of drug-likeness (QED) is 0.438. The number of aliphatic hydroxyl groups is 1. The molecule has 3 unspecified atom stereocenters. The van der Waals surface area contributed by atoms with Crippen molar-refractivity contribution in [1.82, 2.24) is 0 Å². The first kappa shape index (κ1) is 12.1. The number of methoxy groups -OCH3 is 1. The normalized spacial score (nSPS) is 35.9. The maximum absolute atomic E-state index is 11.6. The molecular formula is C12H16O5. The van der Waals surface area contributed by atoms with Gasteiger partial charge in [-0.15, -0.1) is 0 Å². The molecule has 1 aliphatic heterocycles. The highest BCUT2D eigenvalue weighted by atomic mass is 16.7. The third-order valence-corrected chi connectivity index (χ3v) is 3.54. The van der Waals surface area contributed by atoms with Crippen LogP contribution in [-0.2, 0) is 19.1 Å². The largest absolute Gasteiger partial charge is 0.468 e. The van der Waals surface area contributed by atoms with Gasteiger partial charge in [-0.2, -0.15) is 0 Å². The minimum absolute atomic E-state index is 0.344. The number of carbonyl (C=O) groups excluding carboxylic acids is 2. The van der Waals surface area contributed by atoms with Crippen LogP contribution in [0.2, 0.25) is 0 Å². The van der Waals surface area contributed by atoms with Gasteiger partial charge in [0.25, 0.3) is 0 Å². The van der Waals surface area contributed by atoms with Crippen LogP contribution < -0.4 is 0 Å². The lowest BCUT2D eigenvalue weighted by atomic mass is 9.79. The summed E-state index contributed by atoms with van der Waals surface area (Å²) in [6, 6.07) is 0. The van der Waals surface area contributed by atoms with Crippen LogP contribution in [0.4, 0.5) is 0 Å². The van der Waals surface area contributed by atoms with E-state index in [1.54, 1.807) is 6.08 Å². The minimum Gasteiger partial charge on any atom is -0.468 e. The number of fused-ring (bicyclic) bond motifs is 1. The highest BCUT2D eigenvalue weighted by Gasteiger charge is 2.58. The van der Waals surface area contributed by atoms with Gasteiger partial charge in [0.15, 0.2) is 5.92 Å². The molecule has 3 atom stereocenters. The number of hydrogen-bond acceptors (Lipinski definition) is 5. The van der Waals surface area contributed by atoms with E-state index in [1.807, 2.05) is 6.92 Å². The molecule has 1 heterocycles. The van der Waals surface area contributed by atoms with Gasteiger partial charge in [-0.1, -0.05) is 18.6 Å². The molecule has 17 heavy (non-hydrogen) atoms. The van der Waals surface area contributed by atoms with Crippen LogP contribution in [0, 0.1) is 11.8 Å². The standard InChI is InChI=1S/C12H16O5/c1-3-7-4-5-12(15)8(6-7)9(10(13)16-2)11(14)17-12/h6,8-9,15H,3-5H2,1-2H3. The lowest BCUT2D eigenvalue weighted by molar-refractivity contribution is -0.200. The topological polar surface area (TPSA) is 72.8 Å². The number of hydrogen-bond donors (Lipinski definition) is 1. The second kappa shape index (κ2) is 4.14. The Morgan fingerprint density at radius 1 is 1.71 bits per heavy atom. The summed E-state index contributed by atoms with van der Waals surface area (Å²) in [6.07, 6.45) is 3.66. The van der Waals surface area contributed by atoms with Crippen LogP contribution in [0.5, 0.6) is 0 Å². The molecule has 5 nitrogen and oxygen atoms in total. The Hall–Kier alpha value is -1.36. The van der Waals surface area contributed by atoms with Crippen molar-refractivity contribution >= 4 is 11.9 Å². The number of allylic oxidation sites excluding steroid dienone is 1. The average molecular weight is 240 g/mol. The second-order valence-electron chi connectivity index (χ2n) is 4.47. The molecule has 0 aromatic rings. The molecule has 1 saturated heterocycles. The lowest BCUT2D eigenvalue weighted by Crippen LogP contribution is -2.39. The molecule has 0 amide bonds. The lowest BCUT2D eigenvalue weighted by Gasteiger charge is -2.31. The fourth-order valence-electron chi connectivity index (χ4n) is 2.50. The van der Waals surface area contributed by atoms with Gasteiger partial charge in [0, 0.05) is 6.42 Å². The third kappa shape index (κ3) is 1.84. The van der Waals surface area contributed by atoms with Gasteiger partial charge in [-0.3, -0.25) is 9.59 Å². The summed E-state index contributed by atoms with van der Waals surface area (Å²) in [4.78, 5) is 23.2. The van der Waals surface area contributed by atoms with Gasteiger partial charge >= 0.3 is 11.9 Å². The summed E-state index contributed by atoms with van der Waals surface area (Å²) < 4.78 is 9.54. The van der Waals surface area contributed by atoms with E-state index in [9.17, 15) is 14.7 Å². The van der Waals surface area contributed by atoms with E-state index in [0.717, 1.165) is 12.0 Å². The summed E-state index contributed by atoms with van der Waals surface area (Å²) in [5, 5.41) is 10.2. The van der Waals surface area contributed by atoms with E-state index in [1.165, 1.54) is 7.11 Å². The summed E-state index contributed by atoms with van der Waals surface area (Å²) in [6.45, 7) is 2.00. The van der Waals surface area contributed by atoms with E-state index in [4.69, 9.17) is 4.74 Å². The first-order valence-corrected chi connectivity index (χ1v) is 5.74. The van der Waals surface area contributed by atoms with Gasteiger partial charge in [0.05, 0.1) is 13.0 Å². The zero-order chi connectivity index (χ0) is 12.6. The maximum Gasteiger partial charge on any atom is 0.323 e. The molecule has 94 valence electrons. The molecule has 0 spiro atoms. The van der Waals surface area contributed by atoms with E-state index in [-0.39, 0.29) is 0 Å². The van der Waals surface area contributed by atoms with Crippen molar-refractivity contribution in [2.75, 3.05) is 7.11 Å². The van der Waals surface area contributed by atoms with Crippen molar-refractivity contribution in [2.45, 2.75) is 32.0 Å².